The van der Waals surface area contributed by atoms with Crippen molar-refractivity contribution in [1.82, 2.24) is 0 Å². The number of benzene rings is 1. The number of unbranched alkanes of at least 4 members (excludes halogenated alkanes) is 6. The summed E-state index contributed by atoms with van der Waals surface area (Å²) in [4.78, 5) is 10.1. The van der Waals surface area contributed by atoms with Crippen LogP contribution in [0.25, 0.3) is 45.1 Å². The highest BCUT2D eigenvalue weighted by Gasteiger charge is 2.47. The lowest BCUT2D eigenvalue weighted by atomic mass is 9.76. The fourth-order valence-corrected chi connectivity index (χ4v) is 15.6. The summed E-state index contributed by atoms with van der Waals surface area (Å²) in [6.07, 6.45) is 16.0. The smallest absolute Gasteiger partial charge is 0.250 e. The van der Waals surface area contributed by atoms with Gasteiger partial charge >= 0.3 is 0 Å². The van der Waals surface area contributed by atoms with E-state index >= 15 is 0 Å². The number of hydrogen-bond donors (Lipinski definition) is 0. The van der Waals surface area contributed by atoms with Crippen molar-refractivity contribution >= 4 is 89.9 Å². The summed E-state index contributed by atoms with van der Waals surface area (Å²) in [5.74, 6) is 1.05. The summed E-state index contributed by atoms with van der Waals surface area (Å²) in [6.45, 7) is 20.0. The van der Waals surface area contributed by atoms with Crippen LogP contribution in [0.4, 0.5) is 11.4 Å². The Morgan fingerprint density at radius 1 is 0.844 bits per heavy atom. The van der Waals surface area contributed by atoms with Crippen LogP contribution in [0.1, 0.15) is 123 Å². The first-order valence-corrected chi connectivity index (χ1v) is 29.0. The van der Waals surface area contributed by atoms with E-state index < -0.39 is 13.9 Å². The minimum absolute atomic E-state index is 0.0650. The molecule has 0 saturated carbocycles. The van der Waals surface area contributed by atoms with Crippen LogP contribution in [0, 0.1) is 34.0 Å². The second kappa shape index (κ2) is 18.5. The maximum atomic E-state index is 10.2. The highest BCUT2D eigenvalue weighted by atomic mass is 32.1. The molecule has 6 heterocycles. The molecule has 4 aromatic heterocycles. The Balaban J connectivity index is 1.39. The number of ether oxygens (including phenoxy) is 1. The van der Waals surface area contributed by atoms with Crippen molar-refractivity contribution in [1.29, 1.82) is 15.8 Å². The normalized spacial score (nSPS) is 15.6. The van der Waals surface area contributed by atoms with E-state index in [-0.39, 0.29) is 27.5 Å². The first kappa shape index (κ1) is 47.6. The van der Waals surface area contributed by atoms with Gasteiger partial charge in [-0.05, 0) is 75.2 Å². The number of hydrogen-bond acceptors (Lipinski definition) is 11. The quantitative estimate of drug-likeness (QED) is 0.0552. The standard InChI is InChI=1S/C52H63N5O2S4Si/c1-13-15-17-19-25-52(26-20-18-16-14-2)43-46-42(29-40(61-46)36-23-21-34(56(8)9)27-39(36)59-64(11,12)50(3,4)5)62-48(43)49-44(57(52)10)47-41(63-49)28-35(60-47)22-24-38-37(32-55)45(33(30-53)31-54)58-51(38,6)7/h21-24,27-29H,13-20,25-26H2,1-12H3/b24-22+. The Morgan fingerprint density at radius 2 is 1.48 bits per heavy atom. The third-order valence-corrected chi connectivity index (χ3v) is 23.0. The van der Waals surface area contributed by atoms with Gasteiger partial charge in [0.25, 0.3) is 8.32 Å². The Morgan fingerprint density at radius 3 is 2.08 bits per heavy atom. The monoisotopic (exact) mass is 945 g/mol. The molecule has 0 atom stereocenters. The molecule has 0 N–H and O–H groups in total. The van der Waals surface area contributed by atoms with Crippen LogP contribution in [-0.4, -0.2) is 35.1 Å². The average molecular weight is 946 g/mol. The van der Waals surface area contributed by atoms with E-state index in [0.717, 1.165) is 29.2 Å². The first-order valence-electron chi connectivity index (χ1n) is 22.8. The topological polar surface area (TPSA) is 96.3 Å². The zero-order valence-corrected chi connectivity index (χ0v) is 44.1. The van der Waals surface area contributed by atoms with Gasteiger partial charge in [0.2, 0.25) is 0 Å². The molecule has 0 spiro atoms. The summed E-state index contributed by atoms with van der Waals surface area (Å²) in [5, 5.41) is 29.4. The lowest BCUT2D eigenvalue weighted by Crippen LogP contribution is -2.46. The van der Waals surface area contributed by atoms with Gasteiger partial charge < -0.3 is 19.0 Å². The minimum atomic E-state index is -2.14. The molecule has 12 heteroatoms. The highest BCUT2D eigenvalue weighted by Crippen LogP contribution is 2.63. The van der Waals surface area contributed by atoms with Gasteiger partial charge in [-0.1, -0.05) is 92.1 Å². The molecule has 2 aliphatic rings. The molecule has 7 rings (SSSR count). The lowest BCUT2D eigenvalue weighted by Gasteiger charge is -2.47. The number of fused-ring (bicyclic) bond motifs is 7. The van der Waals surface area contributed by atoms with Crippen LogP contribution in [0.15, 0.2) is 58.9 Å². The molecule has 5 aromatic rings. The molecule has 0 radical (unpaired) electrons. The summed E-state index contributed by atoms with van der Waals surface area (Å²) in [6, 6.07) is 17.5. The van der Waals surface area contributed by atoms with Crippen molar-refractivity contribution in [2.75, 3.05) is 30.9 Å². The highest BCUT2D eigenvalue weighted by molar-refractivity contribution is 7.35. The number of nitriles is 3. The third kappa shape index (κ3) is 8.60. The van der Waals surface area contributed by atoms with Gasteiger partial charge in [0.05, 0.1) is 30.4 Å². The minimum Gasteiger partial charge on any atom is -0.543 e. The Labute approximate surface area is 398 Å². The fourth-order valence-electron chi connectivity index (χ4n) is 8.97. The Hall–Kier alpha value is -4.35. The Bertz CT molecular complexity index is 2770. The average Bonchev–Trinajstić information content (AvgIpc) is 4.04. The zero-order chi connectivity index (χ0) is 46.4. The summed E-state index contributed by atoms with van der Waals surface area (Å²) < 4.78 is 18.6. The van der Waals surface area contributed by atoms with Crippen LogP contribution in [0.5, 0.6) is 5.75 Å². The van der Waals surface area contributed by atoms with Gasteiger partial charge in [0.15, 0.2) is 11.3 Å². The molecule has 0 aliphatic carbocycles. The molecule has 7 nitrogen and oxygen atoms in total. The molecule has 0 saturated heterocycles. The van der Waals surface area contributed by atoms with Crippen molar-refractivity contribution < 1.29 is 9.16 Å². The van der Waals surface area contributed by atoms with E-state index in [0.29, 0.717) is 5.57 Å². The second-order valence-corrected chi connectivity index (χ2v) is 28.6. The lowest BCUT2D eigenvalue weighted by molar-refractivity contribution is 0.0954. The molecule has 336 valence electrons. The van der Waals surface area contributed by atoms with Gasteiger partial charge in [-0.3, -0.25) is 0 Å². The van der Waals surface area contributed by atoms with Crippen LogP contribution < -0.4 is 14.2 Å². The molecular weight excluding hydrogens is 883 g/mol. The number of anilines is 2. The van der Waals surface area contributed by atoms with Gasteiger partial charge in [-0.25, -0.2) is 0 Å². The van der Waals surface area contributed by atoms with Crippen LogP contribution in [0.2, 0.25) is 18.1 Å². The SMILES string of the molecule is CCCCCCC1(CCCCCC)c2c(sc3cc(-c4ccc(N(C)C)cc4O[Si](C)(C)C(C)(C)C)sc23)-c2sc3cc(/C=C/C4=C(C#N)C(=C(C#N)C#N)OC4(C)C)sc3c2N1C. The van der Waals surface area contributed by atoms with Gasteiger partial charge in [-0.2, -0.15) is 15.8 Å². The van der Waals surface area contributed by atoms with E-state index in [1.165, 1.54) is 102 Å². The van der Waals surface area contributed by atoms with Crippen molar-refractivity contribution in [3.63, 3.8) is 0 Å². The second-order valence-electron chi connectivity index (χ2n) is 19.7. The first-order chi connectivity index (χ1) is 30.4. The predicted molar refractivity (Wildman–Crippen MR) is 279 cm³/mol. The van der Waals surface area contributed by atoms with Gasteiger partial charge in [0.1, 0.15) is 35.1 Å². The van der Waals surface area contributed by atoms with Crippen molar-refractivity contribution in [3.05, 3.63) is 69.3 Å². The third-order valence-electron chi connectivity index (χ3n) is 13.7. The van der Waals surface area contributed by atoms with E-state index in [4.69, 9.17) is 9.16 Å². The number of nitrogens with zero attached hydrogens (tertiary/aromatic N) is 5. The fraction of sp³-hybridized carbons (Fsp3) is 0.481. The summed E-state index contributed by atoms with van der Waals surface area (Å²) in [7, 11) is 4.44. The summed E-state index contributed by atoms with van der Waals surface area (Å²) in [5.41, 5.74) is 4.91. The predicted octanol–water partition coefficient (Wildman–Crippen LogP) is 16.6. The van der Waals surface area contributed by atoms with E-state index in [9.17, 15) is 15.8 Å². The largest absolute Gasteiger partial charge is 0.543 e. The number of allylic oxidation sites excluding steroid dienone is 2. The molecule has 2 aliphatic heterocycles. The van der Waals surface area contributed by atoms with Crippen LogP contribution >= 0.6 is 45.3 Å². The maximum Gasteiger partial charge on any atom is 0.250 e. The van der Waals surface area contributed by atoms with E-state index in [2.05, 4.69) is 121 Å². The molecule has 0 bridgehead atoms. The Kier molecular flexibility index (Phi) is 13.8. The van der Waals surface area contributed by atoms with Crippen LogP contribution in [-0.2, 0) is 10.3 Å². The van der Waals surface area contributed by atoms with Gasteiger partial charge in [-0.15, -0.1) is 45.3 Å². The molecule has 64 heavy (non-hydrogen) atoms. The van der Waals surface area contributed by atoms with Crippen molar-refractivity contribution in [3.8, 4) is 44.2 Å². The van der Waals surface area contributed by atoms with Gasteiger partial charge in [0, 0.05) is 68.8 Å². The number of rotatable bonds is 16. The molecule has 0 amide bonds. The van der Waals surface area contributed by atoms with E-state index in [1.54, 1.807) is 11.3 Å². The van der Waals surface area contributed by atoms with Crippen molar-refractivity contribution in [2.24, 2.45) is 0 Å². The van der Waals surface area contributed by atoms with Crippen molar-refractivity contribution in [2.45, 2.75) is 142 Å². The summed E-state index contributed by atoms with van der Waals surface area (Å²) >= 11 is 7.65. The molecule has 1 aromatic carbocycles. The molecular formula is C52H63N5O2S4Si. The molecule has 0 fully saturated rings. The van der Waals surface area contributed by atoms with E-state index in [1.807, 2.05) is 66.1 Å². The zero-order valence-electron chi connectivity index (χ0n) is 39.8. The number of thiophene rings is 4. The van der Waals surface area contributed by atoms with Crippen LogP contribution in [0.3, 0.4) is 0 Å². The molecule has 0 unspecified atom stereocenters. The maximum absolute atomic E-state index is 10.2.